The zero-order chi connectivity index (χ0) is 18.2. The van der Waals surface area contributed by atoms with Gasteiger partial charge in [-0.1, -0.05) is 26.5 Å². The van der Waals surface area contributed by atoms with Crippen LogP contribution in [0.15, 0.2) is 48.3 Å². The number of fused-ring (bicyclic) bond motifs is 1. The lowest BCUT2D eigenvalue weighted by molar-refractivity contribution is -0.902. The van der Waals surface area contributed by atoms with E-state index in [2.05, 4.69) is 25.1 Å². The molecule has 0 unspecified atom stereocenters. The molecule has 2 N–H and O–H groups in total. The molecular weight excluding hydrogens is 312 g/mol. The van der Waals surface area contributed by atoms with Crippen LogP contribution in [-0.4, -0.2) is 24.7 Å². The average molecular weight is 341 g/mol. The van der Waals surface area contributed by atoms with E-state index in [9.17, 15) is 4.79 Å². The summed E-state index contributed by atoms with van der Waals surface area (Å²) in [5, 5.41) is 0.686. The number of aryl methyl sites for hydroxylation is 1. The Labute approximate surface area is 149 Å². The highest BCUT2D eigenvalue weighted by Gasteiger charge is 2.15. The molecule has 0 bridgehead atoms. The number of nitrogens with one attached hydrogen (secondary N) is 2. The van der Waals surface area contributed by atoms with Crippen molar-refractivity contribution in [1.29, 1.82) is 0 Å². The van der Waals surface area contributed by atoms with E-state index in [1.54, 1.807) is 0 Å². The lowest BCUT2D eigenvalue weighted by Gasteiger charge is -2.17. The van der Waals surface area contributed by atoms with Gasteiger partial charge in [0, 0.05) is 16.6 Å². The van der Waals surface area contributed by atoms with Crippen LogP contribution in [0.3, 0.4) is 0 Å². The first-order chi connectivity index (χ1) is 12.1. The van der Waals surface area contributed by atoms with Gasteiger partial charge in [0.25, 0.3) is 0 Å². The third-order valence-electron chi connectivity index (χ3n) is 4.34. The zero-order valence-electron chi connectivity index (χ0n) is 15.4. The van der Waals surface area contributed by atoms with E-state index in [0.717, 1.165) is 48.5 Å². The minimum atomic E-state index is 0.0813. The highest BCUT2D eigenvalue weighted by atomic mass is 16.5. The van der Waals surface area contributed by atoms with Crippen molar-refractivity contribution in [1.82, 2.24) is 4.98 Å². The molecule has 25 heavy (non-hydrogen) atoms. The first-order valence-corrected chi connectivity index (χ1v) is 8.94. The SMILES string of the molecule is C=CC[NH+](CC=C)Cc1c(C)[nH]c2ccc(OCCCC)cc2c1=O. The Morgan fingerprint density at radius 1 is 1.24 bits per heavy atom. The number of benzene rings is 1. The second-order valence-electron chi connectivity index (χ2n) is 6.38. The molecule has 0 aliphatic rings. The van der Waals surface area contributed by atoms with Crippen molar-refractivity contribution >= 4 is 10.9 Å². The summed E-state index contributed by atoms with van der Waals surface area (Å²) >= 11 is 0. The minimum absolute atomic E-state index is 0.0813. The van der Waals surface area contributed by atoms with Crippen LogP contribution in [0.1, 0.15) is 31.0 Å². The van der Waals surface area contributed by atoms with Crippen LogP contribution < -0.4 is 15.1 Å². The van der Waals surface area contributed by atoms with Gasteiger partial charge in [0.05, 0.1) is 25.3 Å². The van der Waals surface area contributed by atoms with Crippen LogP contribution in [0.25, 0.3) is 10.9 Å². The Morgan fingerprint density at radius 2 is 1.96 bits per heavy atom. The zero-order valence-corrected chi connectivity index (χ0v) is 15.4. The Morgan fingerprint density at radius 3 is 2.60 bits per heavy atom. The number of pyridine rings is 1. The van der Waals surface area contributed by atoms with E-state index in [0.29, 0.717) is 18.5 Å². The van der Waals surface area contributed by atoms with Gasteiger partial charge in [-0.25, -0.2) is 0 Å². The molecule has 1 aromatic heterocycles. The molecule has 1 aromatic carbocycles. The molecule has 0 saturated heterocycles. The van der Waals surface area contributed by atoms with Crippen molar-refractivity contribution in [2.75, 3.05) is 19.7 Å². The molecule has 1 heterocycles. The summed E-state index contributed by atoms with van der Waals surface area (Å²) in [5.74, 6) is 0.752. The summed E-state index contributed by atoms with van der Waals surface area (Å²) in [4.78, 5) is 17.6. The van der Waals surface area contributed by atoms with Gasteiger partial charge in [-0.3, -0.25) is 4.79 Å². The van der Waals surface area contributed by atoms with Gasteiger partial charge in [0.1, 0.15) is 12.3 Å². The van der Waals surface area contributed by atoms with E-state index in [4.69, 9.17) is 4.74 Å². The average Bonchev–Trinajstić information content (AvgIpc) is 2.59. The van der Waals surface area contributed by atoms with Crippen LogP contribution >= 0.6 is 0 Å². The van der Waals surface area contributed by atoms with E-state index in [1.807, 2.05) is 37.3 Å². The number of rotatable bonds is 10. The normalized spacial score (nSPS) is 11.0. The maximum absolute atomic E-state index is 13.0. The molecule has 0 saturated carbocycles. The summed E-state index contributed by atoms with van der Waals surface area (Å²) in [7, 11) is 0. The molecular formula is C21H29N2O2+. The second kappa shape index (κ2) is 9.23. The smallest absolute Gasteiger partial charge is 0.198 e. The van der Waals surface area contributed by atoms with Crippen LogP contribution in [0.2, 0.25) is 0 Å². The molecule has 0 atom stereocenters. The molecule has 134 valence electrons. The van der Waals surface area contributed by atoms with Crippen molar-refractivity contribution < 1.29 is 9.64 Å². The molecule has 4 heteroatoms. The topological polar surface area (TPSA) is 46.5 Å². The predicted octanol–water partition coefficient (Wildman–Crippen LogP) is 2.77. The Bertz CT molecular complexity index is 782. The number of quaternary nitrogens is 1. The van der Waals surface area contributed by atoms with Crippen LogP contribution in [0.5, 0.6) is 5.75 Å². The van der Waals surface area contributed by atoms with Gasteiger partial charge in [-0.05, 0) is 43.7 Å². The quantitative estimate of drug-likeness (QED) is 0.516. The summed E-state index contributed by atoms with van der Waals surface area (Å²) < 4.78 is 5.75. The highest BCUT2D eigenvalue weighted by molar-refractivity contribution is 5.81. The third-order valence-corrected chi connectivity index (χ3v) is 4.34. The predicted molar refractivity (Wildman–Crippen MR) is 105 cm³/mol. The van der Waals surface area contributed by atoms with E-state index in [1.165, 1.54) is 4.90 Å². The lowest BCUT2D eigenvalue weighted by Crippen LogP contribution is -3.10. The standard InChI is InChI=1S/C21H28N2O2/c1-5-8-13-25-17-9-10-20-18(14-17)21(24)19(16(4)22-20)15-23(11-6-2)12-7-3/h6-7,9-10,14H,2-3,5,8,11-13,15H2,1,4H3,(H,22,24)/p+1. The number of hydrogen-bond donors (Lipinski definition) is 2. The van der Waals surface area contributed by atoms with Gasteiger partial charge < -0.3 is 14.6 Å². The summed E-state index contributed by atoms with van der Waals surface area (Å²) in [6, 6.07) is 5.69. The minimum Gasteiger partial charge on any atom is -0.494 e. The molecule has 0 fully saturated rings. The molecule has 0 spiro atoms. The van der Waals surface area contributed by atoms with Crippen LogP contribution in [-0.2, 0) is 6.54 Å². The third kappa shape index (κ3) is 4.83. The number of aromatic amines is 1. The van der Waals surface area contributed by atoms with E-state index in [-0.39, 0.29) is 5.43 Å². The van der Waals surface area contributed by atoms with Gasteiger partial charge in [0.2, 0.25) is 0 Å². The summed E-state index contributed by atoms with van der Waals surface area (Å²) in [6.07, 6.45) is 5.85. The van der Waals surface area contributed by atoms with E-state index < -0.39 is 0 Å². The monoisotopic (exact) mass is 341 g/mol. The van der Waals surface area contributed by atoms with Gasteiger partial charge >= 0.3 is 0 Å². The fourth-order valence-electron chi connectivity index (χ4n) is 2.95. The molecule has 0 aliphatic heterocycles. The van der Waals surface area contributed by atoms with Crippen molar-refractivity contribution in [2.45, 2.75) is 33.2 Å². The molecule has 4 nitrogen and oxygen atoms in total. The van der Waals surface area contributed by atoms with Gasteiger partial charge in [-0.2, -0.15) is 0 Å². The van der Waals surface area contributed by atoms with Crippen molar-refractivity contribution in [3.05, 3.63) is 65.0 Å². The van der Waals surface area contributed by atoms with Crippen molar-refractivity contribution in [3.8, 4) is 5.75 Å². The Hall–Kier alpha value is -2.33. The second-order valence-corrected chi connectivity index (χ2v) is 6.38. The molecule has 0 amide bonds. The highest BCUT2D eigenvalue weighted by Crippen LogP contribution is 2.18. The summed E-state index contributed by atoms with van der Waals surface area (Å²) in [6.45, 7) is 14.6. The first-order valence-electron chi connectivity index (χ1n) is 8.94. The van der Waals surface area contributed by atoms with Crippen molar-refractivity contribution in [2.24, 2.45) is 0 Å². The first kappa shape index (κ1) is 19.0. The van der Waals surface area contributed by atoms with Crippen molar-refractivity contribution in [3.63, 3.8) is 0 Å². The number of hydrogen-bond acceptors (Lipinski definition) is 2. The Kier molecular flexibility index (Phi) is 7.02. The molecule has 2 rings (SSSR count). The fourth-order valence-corrected chi connectivity index (χ4v) is 2.95. The molecule has 0 radical (unpaired) electrons. The maximum Gasteiger partial charge on any atom is 0.198 e. The van der Waals surface area contributed by atoms with Crippen LogP contribution in [0.4, 0.5) is 0 Å². The maximum atomic E-state index is 13.0. The van der Waals surface area contributed by atoms with Gasteiger partial charge in [-0.15, -0.1) is 0 Å². The summed E-state index contributed by atoms with van der Waals surface area (Å²) in [5.41, 5.74) is 2.67. The number of H-pyrrole nitrogens is 1. The van der Waals surface area contributed by atoms with Crippen LogP contribution in [0, 0.1) is 6.92 Å². The molecule has 0 aliphatic carbocycles. The lowest BCUT2D eigenvalue weighted by atomic mass is 10.1. The van der Waals surface area contributed by atoms with E-state index >= 15 is 0 Å². The molecule has 2 aromatic rings. The number of aromatic nitrogens is 1. The largest absolute Gasteiger partial charge is 0.494 e. The fraction of sp³-hybridized carbons (Fsp3) is 0.381. The number of unbranched alkanes of at least 4 members (excludes halogenated alkanes) is 1. The number of ether oxygens (including phenoxy) is 1. The Balaban J connectivity index is 2.37. The van der Waals surface area contributed by atoms with Gasteiger partial charge in [0.15, 0.2) is 5.43 Å².